The Bertz CT molecular complexity index is 1090. The Hall–Kier alpha value is -1.89. The zero-order valence-electron chi connectivity index (χ0n) is 13.5. The van der Waals surface area contributed by atoms with Crippen molar-refractivity contribution in [3.05, 3.63) is 64.1 Å². The Balaban J connectivity index is 1.76. The van der Waals surface area contributed by atoms with Gasteiger partial charge in [0, 0.05) is 41.1 Å². The number of sulfonamides is 1. The van der Waals surface area contributed by atoms with Gasteiger partial charge in [-0.2, -0.15) is 4.31 Å². The van der Waals surface area contributed by atoms with Crippen LogP contribution in [-0.2, 0) is 23.0 Å². The largest absolute Gasteiger partial charge is 0.358 e. The summed E-state index contributed by atoms with van der Waals surface area (Å²) in [6.07, 6.45) is 0.598. The minimum absolute atomic E-state index is 0.148. The van der Waals surface area contributed by atoms with Crippen molar-refractivity contribution in [3.8, 4) is 0 Å². The number of aromatic nitrogens is 1. The van der Waals surface area contributed by atoms with Gasteiger partial charge in [-0.25, -0.2) is 12.8 Å². The molecule has 7 heteroatoms. The van der Waals surface area contributed by atoms with E-state index in [2.05, 4.69) is 4.98 Å². The van der Waals surface area contributed by atoms with Crippen molar-refractivity contribution in [2.24, 2.45) is 0 Å². The van der Waals surface area contributed by atoms with E-state index in [0.717, 1.165) is 22.2 Å². The molecule has 1 aliphatic heterocycles. The van der Waals surface area contributed by atoms with Crippen molar-refractivity contribution >= 4 is 32.5 Å². The van der Waals surface area contributed by atoms with Crippen molar-refractivity contribution in [3.63, 3.8) is 0 Å². The van der Waals surface area contributed by atoms with Crippen LogP contribution in [0.5, 0.6) is 0 Å². The highest BCUT2D eigenvalue weighted by Gasteiger charge is 2.31. The molecule has 0 bridgehead atoms. The fraction of sp³-hybridized carbons (Fsp3) is 0.222. The van der Waals surface area contributed by atoms with Gasteiger partial charge in [0.2, 0.25) is 10.0 Å². The Morgan fingerprint density at radius 2 is 2.00 bits per heavy atom. The molecule has 25 heavy (non-hydrogen) atoms. The molecule has 0 fully saturated rings. The molecule has 0 amide bonds. The summed E-state index contributed by atoms with van der Waals surface area (Å²) in [6.45, 7) is 2.26. The Kier molecular flexibility index (Phi) is 3.86. The van der Waals surface area contributed by atoms with Crippen LogP contribution in [0.15, 0.2) is 41.3 Å². The lowest BCUT2D eigenvalue weighted by atomic mass is 10.1. The molecule has 3 aromatic rings. The summed E-state index contributed by atoms with van der Waals surface area (Å²) in [4.78, 5) is 3.49. The molecule has 2 heterocycles. The molecule has 0 atom stereocenters. The van der Waals surface area contributed by atoms with Gasteiger partial charge < -0.3 is 4.98 Å². The van der Waals surface area contributed by atoms with Crippen LogP contribution in [0, 0.1) is 12.7 Å². The van der Waals surface area contributed by atoms with Gasteiger partial charge in [-0.3, -0.25) is 0 Å². The second-order valence-electron chi connectivity index (χ2n) is 6.27. The molecule has 0 saturated heterocycles. The van der Waals surface area contributed by atoms with Crippen molar-refractivity contribution in [1.29, 1.82) is 0 Å². The van der Waals surface area contributed by atoms with Gasteiger partial charge in [0.25, 0.3) is 0 Å². The first-order chi connectivity index (χ1) is 11.9. The number of hydrogen-bond acceptors (Lipinski definition) is 2. The third kappa shape index (κ3) is 2.74. The van der Waals surface area contributed by atoms with Crippen LogP contribution in [0.3, 0.4) is 0 Å². The van der Waals surface area contributed by atoms with Gasteiger partial charge in [-0.1, -0.05) is 11.6 Å². The molecule has 0 radical (unpaired) electrons. The fourth-order valence-electron chi connectivity index (χ4n) is 3.41. The normalized spacial score (nSPS) is 15.5. The van der Waals surface area contributed by atoms with E-state index in [-0.39, 0.29) is 11.4 Å². The van der Waals surface area contributed by atoms with E-state index < -0.39 is 15.8 Å². The predicted octanol–water partition coefficient (Wildman–Crippen LogP) is 4.02. The second-order valence-corrected chi connectivity index (χ2v) is 8.61. The molecule has 4 nitrogen and oxygen atoms in total. The number of rotatable bonds is 2. The van der Waals surface area contributed by atoms with Gasteiger partial charge in [0.15, 0.2) is 0 Å². The minimum atomic E-state index is -3.69. The van der Waals surface area contributed by atoms with Crippen molar-refractivity contribution < 1.29 is 12.8 Å². The van der Waals surface area contributed by atoms with Crippen LogP contribution in [0.25, 0.3) is 10.9 Å². The lowest BCUT2D eigenvalue weighted by Crippen LogP contribution is -2.36. The van der Waals surface area contributed by atoms with Crippen molar-refractivity contribution in [2.75, 3.05) is 6.54 Å². The maximum atomic E-state index is 13.3. The maximum Gasteiger partial charge on any atom is 0.243 e. The topological polar surface area (TPSA) is 53.2 Å². The fourth-order valence-corrected chi connectivity index (χ4v) is 5.19. The Labute approximate surface area is 150 Å². The molecule has 0 aliphatic carbocycles. The van der Waals surface area contributed by atoms with Gasteiger partial charge >= 0.3 is 0 Å². The molecule has 130 valence electrons. The molecule has 1 aromatic heterocycles. The highest BCUT2D eigenvalue weighted by molar-refractivity contribution is 7.89. The van der Waals surface area contributed by atoms with Crippen LogP contribution < -0.4 is 0 Å². The van der Waals surface area contributed by atoms with E-state index in [1.807, 2.05) is 18.2 Å². The van der Waals surface area contributed by atoms with Crippen LogP contribution in [0.1, 0.15) is 16.8 Å². The lowest BCUT2D eigenvalue weighted by molar-refractivity contribution is 0.391. The lowest BCUT2D eigenvalue weighted by Gasteiger charge is -2.27. The minimum Gasteiger partial charge on any atom is -0.358 e. The van der Waals surface area contributed by atoms with Crippen LogP contribution in [-0.4, -0.2) is 24.3 Å². The van der Waals surface area contributed by atoms with Crippen molar-refractivity contribution in [2.45, 2.75) is 24.8 Å². The summed E-state index contributed by atoms with van der Waals surface area (Å²) in [5.74, 6) is -0.441. The molecule has 4 rings (SSSR count). The van der Waals surface area contributed by atoms with Crippen LogP contribution in [0.2, 0.25) is 5.02 Å². The molecule has 0 saturated carbocycles. The van der Waals surface area contributed by atoms with Gasteiger partial charge in [-0.15, -0.1) is 0 Å². The average Bonchev–Trinajstić information content (AvgIpc) is 2.91. The summed E-state index contributed by atoms with van der Waals surface area (Å²) in [5, 5.41) is 1.56. The highest BCUT2D eigenvalue weighted by atomic mass is 35.5. The summed E-state index contributed by atoms with van der Waals surface area (Å²) in [6, 6.07) is 9.32. The Morgan fingerprint density at radius 3 is 2.76 bits per heavy atom. The molecular formula is C18H16ClFN2O2S. The maximum absolute atomic E-state index is 13.3. The van der Waals surface area contributed by atoms with Gasteiger partial charge in [0.05, 0.1) is 4.90 Å². The quantitative estimate of drug-likeness (QED) is 0.732. The molecule has 0 spiro atoms. The molecule has 0 unspecified atom stereocenters. The summed E-state index contributed by atoms with van der Waals surface area (Å²) in [7, 11) is -3.69. The van der Waals surface area contributed by atoms with Crippen LogP contribution in [0.4, 0.5) is 4.39 Å². The number of nitrogens with one attached hydrogen (secondary N) is 1. The summed E-state index contributed by atoms with van der Waals surface area (Å²) < 4.78 is 40.8. The van der Waals surface area contributed by atoms with E-state index in [9.17, 15) is 12.8 Å². The predicted molar refractivity (Wildman–Crippen MR) is 95.7 cm³/mol. The first-order valence-electron chi connectivity index (χ1n) is 7.91. The molecule has 1 aliphatic rings. The number of halogens is 2. The first-order valence-corrected chi connectivity index (χ1v) is 9.73. The summed E-state index contributed by atoms with van der Waals surface area (Å²) >= 11 is 6.09. The number of aromatic amines is 1. The van der Waals surface area contributed by atoms with E-state index in [1.54, 1.807) is 6.92 Å². The average molecular weight is 379 g/mol. The number of nitrogens with zero attached hydrogens (tertiary/aromatic N) is 1. The van der Waals surface area contributed by atoms with Gasteiger partial charge in [-0.05, 0) is 54.4 Å². The number of aryl methyl sites for hydroxylation is 1. The summed E-state index contributed by atoms with van der Waals surface area (Å²) in [5.41, 5.74) is 3.35. The molecule has 1 N–H and O–H groups in total. The van der Waals surface area contributed by atoms with Crippen LogP contribution >= 0.6 is 11.6 Å². The third-order valence-electron chi connectivity index (χ3n) is 4.66. The number of benzene rings is 2. The third-order valence-corrected chi connectivity index (χ3v) is 6.90. The number of fused-ring (bicyclic) bond motifs is 3. The number of H-pyrrole nitrogens is 1. The van der Waals surface area contributed by atoms with E-state index in [1.165, 1.54) is 22.5 Å². The number of hydrogen-bond donors (Lipinski definition) is 1. The standard InChI is InChI=1S/C18H16ClFN2O2S/c1-11-8-13(20)3-5-18(11)25(23,24)22-7-6-17-15(10-22)14-9-12(19)2-4-16(14)21-17/h2-5,8-9,21H,6-7,10H2,1H3. The van der Waals surface area contributed by atoms with E-state index >= 15 is 0 Å². The molecular weight excluding hydrogens is 363 g/mol. The second kappa shape index (κ2) is 5.83. The van der Waals surface area contributed by atoms with E-state index in [4.69, 9.17) is 11.6 Å². The zero-order chi connectivity index (χ0) is 17.8. The SMILES string of the molecule is Cc1cc(F)ccc1S(=O)(=O)N1CCc2[nH]c3ccc(Cl)cc3c2C1. The molecule has 2 aromatic carbocycles. The monoisotopic (exact) mass is 378 g/mol. The van der Waals surface area contributed by atoms with Crippen molar-refractivity contribution in [1.82, 2.24) is 9.29 Å². The highest BCUT2D eigenvalue weighted by Crippen LogP contribution is 2.32. The smallest absolute Gasteiger partial charge is 0.243 e. The van der Waals surface area contributed by atoms with E-state index in [0.29, 0.717) is 23.6 Å². The zero-order valence-corrected chi connectivity index (χ0v) is 15.1. The first kappa shape index (κ1) is 16.6. The Morgan fingerprint density at radius 1 is 1.20 bits per heavy atom. The van der Waals surface area contributed by atoms with Gasteiger partial charge in [0.1, 0.15) is 5.82 Å².